The van der Waals surface area contributed by atoms with Crippen molar-refractivity contribution in [3.05, 3.63) is 36.5 Å². The molecule has 0 fully saturated rings. The predicted octanol–water partition coefficient (Wildman–Crippen LogP) is 3.48. The molecule has 0 atom stereocenters. The second-order valence-electron chi connectivity index (χ2n) is 2.32. The van der Waals surface area contributed by atoms with Crippen molar-refractivity contribution >= 4 is 0 Å². The summed E-state index contributed by atoms with van der Waals surface area (Å²) in [6.45, 7) is 7.92. The first-order chi connectivity index (χ1) is 4.81. The summed E-state index contributed by atoms with van der Waals surface area (Å²) in [6.07, 6.45) is 10.3. The summed E-state index contributed by atoms with van der Waals surface area (Å²) in [5, 5.41) is 0. The van der Waals surface area contributed by atoms with Gasteiger partial charge in [-0.3, -0.25) is 0 Å². The molecule has 0 unspecified atom stereocenters. The quantitative estimate of drug-likeness (QED) is 0.410. The second-order valence-corrected chi connectivity index (χ2v) is 2.32. The molecule has 0 aliphatic heterocycles. The maximum atomic E-state index is 3.63. The largest absolute Gasteiger partial charge is 0.103 e. The lowest BCUT2D eigenvalue weighted by Gasteiger charge is -1.88. The van der Waals surface area contributed by atoms with Crippen LogP contribution in [0.25, 0.3) is 0 Å². The maximum Gasteiger partial charge on any atom is -0.0169 e. The van der Waals surface area contributed by atoms with Gasteiger partial charge in [-0.05, 0) is 19.8 Å². The topological polar surface area (TPSA) is 0 Å². The molecular formula is C10H16. The van der Waals surface area contributed by atoms with E-state index in [-0.39, 0.29) is 0 Å². The molecule has 0 spiro atoms. The van der Waals surface area contributed by atoms with Gasteiger partial charge in [0.25, 0.3) is 0 Å². The Labute approximate surface area is 64.0 Å². The molecule has 0 aromatic carbocycles. The highest BCUT2D eigenvalue weighted by molar-refractivity contribution is 5.10. The maximum absolute atomic E-state index is 3.63. The van der Waals surface area contributed by atoms with E-state index in [1.165, 1.54) is 5.57 Å². The van der Waals surface area contributed by atoms with Crippen molar-refractivity contribution in [3.63, 3.8) is 0 Å². The molecular weight excluding hydrogens is 120 g/mol. The van der Waals surface area contributed by atoms with E-state index < -0.39 is 0 Å². The number of hydrogen-bond donors (Lipinski definition) is 0. The van der Waals surface area contributed by atoms with Crippen LogP contribution < -0.4 is 0 Å². The summed E-state index contributed by atoms with van der Waals surface area (Å²) in [6, 6.07) is 0. The van der Waals surface area contributed by atoms with Crippen molar-refractivity contribution in [2.75, 3.05) is 0 Å². The van der Waals surface area contributed by atoms with E-state index in [0.29, 0.717) is 0 Å². The highest BCUT2D eigenvalue weighted by Crippen LogP contribution is 1.97. The standard InChI is InChI=1S/C10H16/c1-4-6-7-8-9-10(3)5-2/h4,7-9H,1,5-6H2,2-3H3. The van der Waals surface area contributed by atoms with Gasteiger partial charge in [-0.2, -0.15) is 0 Å². The van der Waals surface area contributed by atoms with E-state index >= 15 is 0 Å². The van der Waals surface area contributed by atoms with Gasteiger partial charge in [-0.25, -0.2) is 0 Å². The Morgan fingerprint density at radius 3 is 2.70 bits per heavy atom. The first-order valence-corrected chi connectivity index (χ1v) is 3.74. The fourth-order valence-corrected chi connectivity index (χ4v) is 0.525. The number of allylic oxidation sites excluding steroid dienone is 5. The Bertz CT molecular complexity index is 138. The number of rotatable bonds is 4. The van der Waals surface area contributed by atoms with Crippen LogP contribution in [0.5, 0.6) is 0 Å². The van der Waals surface area contributed by atoms with Crippen LogP contribution in [0, 0.1) is 0 Å². The zero-order valence-electron chi connectivity index (χ0n) is 6.93. The van der Waals surface area contributed by atoms with E-state index in [0.717, 1.165) is 12.8 Å². The van der Waals surface area contributed by atoms with Gasteiger partial charge < -0.3 is 0 Å². The normalized spacial score (nSPS) is 12.4. The first-order valence-electron chi connectivity index (χ1n) is 3.74. The minimum Gasteiger partial charge on any atom is -0.103 e. The molecule has 0 bridgehead atoms. The van der Waals surface area contributed by atoms with Crippen LogP contribution in [-0.2, 0) is 0 Å². The van der Waals surface area contributed by atoms with Crippen LogP contribution in [0.2, 0.25) is 0 Å². The molecule has 0 amide bonds. The van der Waals surface area contributed by atoms with Crippen LogP contribution in [0.3, 0.4) is 0 Å². The summed E-state index contributed by atoms with van der Waals surface area (Å²) in [5.41, 5.74) is 1.42. The van der Waals surface area contributed by atoms with Gasteiger partial charge in [0, 0.05) is 0 Å². The molecule has 0 nitrogen and oxygen atoms in total. The monoisotopic (exact) mass is 136 g/mol. The SMILES string of the molecule is C=CCC=CC=C(C)CC. The van der Waals surface area contributed by atoms with Crippen molar-refractivity contribution in [1.82, 2.24) is 0 Å². The zero-order valence-corrected chi connectivity index (χ0v) is 6.93. The molecule has 0 radical (unpaired) electrons. The number of hydrogen-bond acceptors (Lipinski definition) is 0. The van der Waals surface area contributed by atoms with E-state index in [1.54, 1.807) is 0 Å². The molecule has 10 heavy (non-hydrogen) atoms. The Morgan fingerprint density at radius 2 is 2.20 bits per heavy atom. The van der Waals surface area contributed by atoms with Crippen LogP contribution in [0.4, 0.5) is 0 Å². The van der Waals surface area contributed by atoms with Gasteiger partial charge in [-0.15, -0.1) is 6.58 Å². The molecule has 0 aliphatic carbocycles. The fraction of sp³-hybridized carbons (Fsp3) is 0.400. The Balaban J connectivity index is 3.58. The molecule has 0 saturated carbocycles. The van der Waals surface area contributed by atoms with Crippen LogP contribution in [0.15, 0.2) is 36.5 Å². The van der Waals surface area contributed by atoms with E-state index in [2.05, 4.69) is 38.7 Å². The first kappa shape index (κ1) is 9.22. The Hall–Kier alpha value is -0.780. The molecule has 0 heteroatoms. The van der Waals surface area contributed by atoms with Crippen molar-refractivity contribution in [2.45, 2.75) is 26.7 Å². The molecule has 0 aromatic rings. The summed E-state index contributed by atoms with van der Waals surface area (Å²) < 4.78 is 0. The van der Waals surface area contributed by atoms with Gasteiger partial charge in [0.2, 0.25) is 0 Å². The molecule has 56 valence electrons. The van der Waals surface area contributed by atoms with Crippen molar-refractivity contribution in [2.24, 2.45) is 0 Å². The van der Waals surface area contributed by atoms with Gasteiger partial charge in [0.1, 0.15) is 0 Å². The van der Waals surface area contributed by atoms with Crippen LogP contribution in [-0.4, -0.2) is 0 Å². The third-order valence-corrected chi connectivity index (χ3v) is 1.38. The third kappa shape index (κ3) is 5.36. The van der Waals surface area contributed by atoms with Gasteiger partial charge in [0.05, 0.1) is 0 Å². The van der Waals surface area contributed by atoms with Crippen LogP contribution >= 0.6 is 0 Å². The van der Waals surface area contributed by atoms with E-state index in [9.17, 15) is 0 Å². The minimum absolute atomic E-state index is 0.966. The molecule has 0 rings (SSSR count). The highest BCUT2D eigenvalue weighted by Gasteiger charge is 1.76. The van der Waals surface area contributed by atoms with Gasteiger partial charge >= 0.3 is 0 Å². The summed E-state index contributed by atoms with van der Waals surface area (Å²) >= 11 is 0. The second kappa shape index (κ2) is 6.34. The van der Waals surface area contributed by atoms with Crippen LogP contribution in [0.1, 0.15) is 26.7 Å². The smallest absolute Gasteiger partial charge is 0.0169 e. The lowest BCUT2D eigenvalue weighted by Crippen LogP contribution is -1.67. The zero-order chi connectivity index (χ0) is 7.82. The molecule has 0 aromatic heterocycles. The fourth-order valence-electron chi connectivity index (χ4n) is 0.525. The third-order valence-electron chi connectivity index (χ3n) is 1.38. The average Bonchev–Trinajstić information content (AvgIpc) is 1.98. The predicted molar refractivity (Wildman–Crippen MR) is 48.0 cm³/mol. The summed E-state index contributed by atoms with van der Waals surface area (Å²) in [4.78, 5) is 0. The lowest BCUT2D eigenvalue weighted by molar-refractivity contribution is 1.10. The molecule has 0 heterocycles. The summed E-state index contributed by atoms with van der Waals surface area (Å²) in [7, 11) is 0. The lowest BCUT2D eigenvalue weighted by atomic mass is 10.2. The van der Waals surface area contributed by atoms with Gasteiger partial charge in [-0.1, -0.05) is 36.8 Å². The highest BCUT2D eigenvalue weighted by atomic mass is 13.8. The Kier molecular flexibility index (Phi) is 5.85. The average molecular weight is 136 g/mol. The summed E-state index contributed by atoms with van der Waals surface area (Å²) in [5.74, 6) is 0. The van der Waals surface area contributed by atoms with E-state index in [1.807, 2.05) is 6.08 Å². The Morgan fingerprint density at radius 1 is 1.50 bits per heavy atom. The molecule has 0 saturated heterocycles. The van der Waals surface area contributed by atoms with Crippen molar-refractivity contribution in [1.29, 1.82) is 0 Å². The minimum atomic E-state index is 0.966. The van der Waals surface area contributed by atoms with Crippen molar-refractivity contribution < 1.29 is 0 Å². The van der Waals surface area contributed by atoms with Crippen molar-refractivity contribution in [3.8, 4) is 0 Å². The van der Waals surface area contributed by atoms with Gasteiger partial charge in [0.15, 0.2) is 0 Å². The van der Waals surface area contributed by atoms with E-state index in [4.69, 9.17) is 0 Å². The molecule has 0 aliphatic rings. The molecule has 0 N–H and O–H groups in total.